The Labute approximate surface area is 128 Å². The van der Waals surface area contributed by atoms with E-state index in [1.54, 1.807) is 6.20 Å². The lowest BCUT2D eigenvalue weighted by atomic mass is 10.0. The Hall–Kier alpha value is -1.61. The van der Waals surface area contributed by atoms with Crippen molar-refractivity contribution in [3.8, 4) is 5.69 Å². The highest BCUT2D eigenvalue weighted by molar-refractivity contribution is 5.33. The third-order valence-corrected chi connectivity index (χ3v) is 3.78. The lowest BCUT2D eigenvalue weighted by molar-refractivity contribution is 0.457. The number of hydrogen-bond donors (Lipinski definition) is 1. The van der Waals surface area contributed by atoms with Crippen LogP contribution in [0.1, 0.15) is 45.6 Å². The fourth-order valence-corrected chi connectivity index (χ4v) is 2.41. The zero-order valence-corrected chi connectivity index (χ0v) is 13.4. The van der Waals surface area contributed by atoms with Gasteiger partial charge >= 0.3 is 0 Å². The predicted octanol–water partition coefficient (Wildman–Crippen LogP) is 4.18. The molecule has 21 heavy (non-hydrogen) atoms. The van der Waals surface area contributed by atoms with E-state index in [0.29, 0.717) is 6.04 Å². The quantitative estimate of drug-likeness (QED) is 0.788. The molecular formula is C18H27N3. The molecule has 0 bridgehead atoms. The molecule has 1 N–H and O–H groups in total. The fraction of sp³-hybridized carbons (Fsp3) is 0.500. The van der Waals surface area contributed by atoms with Gasteiger partial charge in [-0.05, 0) is 43.0 Å². The summed E-state index contributed by atoms with van der Waals surface area (Å²) in [6.07, 6.45) is 7.65. The van der Waals surface area contributed by atoms with Gasteiger partial charge in [-0.3, -0.25) is 0 Å². The average molecular weight is 285 g/mol. The first kappa shape index (κ1) is 15.8. The highest BCUT2D eigenvalue weighted by atomic mass is 15.3. The van der Waals surface area contributed by atoms with Gasteiger partial charge in [0.25, 0.3) is 0 Å². The summed E-state index contributed by atoms with van der Waals surface area (Å²) in [5.74, 6) is 0.812. The number of nitrogens with one attached hydrogen (secondary N) is 1. The molecule has 0 aliphatic rings. The van der Waals surface area contributed by atoms with Crippen LogP contribution in [0.2, 0.25) is 0 Å². The highest BCUT2D eigenvalue weighted by Gasteiger charge is 2.03. The van der Waals surface area contributed by atoms with Crippen LogP contribution in [0.4, 0.5) is 0 Å². The van der Waals surface area contributed by atoms with Crippen LogP contribution in [0.25, 0.3) is 5.69 Å². The Balaban J connectivity index is 1.76. The van der Waals surface area contributed by atoms with Crippen molar-refractivity contribution in [3.63, 3.8) is 0 Å². The number of nitrogens with zero attached hydrogens (tertiary/aromatic N) is 2. The third kappa shape index (κ3) is 5.35. The average Bonchev–Trinajstić information content (AvgIpc) is 2.99. The summed E-state index contributed by atoms with van der Waals surface area (Å²) in [4.78, 5) is 0. The van der Waals surface area contributed by atoms with Crippen molar-refractivity contribution in [2.24, 2.45) is 5.92 Å². The molecule has 0 amide bonds. The van der Waals surface area contributed by atoms with Gasteiger partial charge in [0.05, 0.1) is 5.69 Å². The minimum absolute atomic E-state index is 0.578. The number of hydrogen-bond acceptors (Lipinski definition) is 2. The van der Waals surface area contributed by atoms with Crippen LogP contribution >= 0.6 is 0 Å². The Kier molecular flexibility index (Phi) is 6.00. The SMILES string of the molecule is CC(C)CCCC(C)NCc1ccc(-n2cccn2)cc1. The molecule has 0 fully saturated rings. The molecule has 114 valence electrons. The number of aromatic nitrogens is 2. The van der Waals surface area contributed by atoms with Crippen molar-refractivity contribution in [2.45, 2.75) is 52.6 Å². The molecule has 0 aliphatic carbocycles. The lowest BCUT2D eigenvalue weighted by Crippen LogP contribution is -2.25. The Morgan fingerprint density at radius 1 is 1.10 bits per heavy atom. The van der Waals surface area contributed by atoms with Crippen LogP contribution in [0.5, 0.6) is 0 Å². The van der Waals surface area contributed by atoms with Crippen molar-refractivity contribution in [1.29, 1.82) is 0 Å². The fourth-order valence-electron chi connectivity index (χ4n) is 2.41. The molecule has 1 aromatic heterocycles. The van der Waals surface area contributed by atoms with Crippen molar-refractivity contribution in [1.82, 2.24) is 15.1 Å². The molecule has 0 saturated heterocycles. The lowest BCUT2D eigenvalue weighted by Gasteiger charge is -2.14. The van der Waals surface area contributed by atoms with Crippen LogP contribution in [-0.2, 0) is 6.54 Å². The molecule has 1 atom stereocenters. The Morgan fingerprint density at radius 2 is 1.86 bits per heavy atom. The minimum Gasteiger partial charge on any atom is -0.310 e. The van der Waals surface area contributed by atoms with Gasteiger partial charge in [-0.15, -0.1) is 0 Å². The van der Waals surface area contributed by atoms with Crippen molar-refractivity contribution in [2.75, 3.05) is 0 Å². The summed E-state index contributed by atoms with van der Waals surface area (Å²) < 4.78 is 1.88. The second-order valence-electron chi connectivity index (χ2n) is 6.22. The van der Waals surface area contributed by atoms with Gasteiger partial charge in [-0.1, -0.05) is 38.8 Å². The van der Waals surface area contributed by atoms with Gasteiger partial charge in [0.15, 0.2) is 0 Å². The first-order valence-electron chi connectivity index (χ1n) is 7.97. The van der Waals surface area contributed by atoms with Crippen molar-refractivity contribution < 1.29 is 0 Å². The highest BCUT2D eigenvalue weighted by Crippen LogP contribution is 2.11. The zero-order chi connectivity index (χ0) is 15.1. The zero-order valence-electron chi connectivity index (χ0n) is 13.4. The van der Waals surface area contributed by atoms with Gasteiger partial charge in [-0.2, -0.15) is 5.10 Å². The molecule has 3 heteroatoms. The standard InChI is InChI=1S/C18H27N3/c1-15(2)6-4-7-16(3)19-14-17-8-10-18(11-9-17)21-13-5-12-20-21/h5,8-13,15-16,19H,4,6-7,14H2,1-3H3. The maximum Gasteiger partial charge on any atom is 0.0645 e. The Bertz CT molecular complexity index is 500. The van der Waals surface area contributed by atoms with E-state index >= 15 is 0 Å². The summed E-state index contributed by atoms with van der Waals surface area (Å²) in [6, 6.07) is 11.1. The van der Waals surface area contributed by atoms with Gasteiger partial charge in [0, 0.05) is 25.0 Å². The second kappa shape index (κ2) is 7.99. The maximum absolute atomic E-state index is 4.24. The summed E-state index contributed by atoms with van der Waals surface area (Å²) in [5, 5.41) is 7.84. The molecule has 1 unspecified atom stereocenters. The Morgan fingerprint density at radius 3 is 2.48 bits per heavy atom. The third-order valence-electron chi connectivity index (χ3n) is 3.78. The first-order valence-corrected chi connectivity index (χ1v) is 7.97. The summed E-state index contributed by atoms with van der Waals surface area (Å²) in [5.41, 5.74) is 2.43. The summed E-state index contributed by atoms with van der Waals surface area (Å²) in [6.45, 7) is 7.79. The smallest absolute Gasteiger partial charge is 0.0645 e. The monoisotopic (exact) mass is 285 g/mol. The maximum atomic E-state index is 4.24. The number of benzene rings is 1. The van der Waals surface area contributed by atoms with Gasteiger partial charge in [0.1, 0.15) is 0 Å². The van der Waals surface area contributed by atoms with Crippen LogP contribution in [0.15, 0.2) is 42.7 Å². The summed E-state index contributed by atoms with van der Waals surface area (Å²) in [7, 11) is 0. The molecule has 1 aromatic carbocycles. The minimum atomic E-state index is 0.578. The molecule has 2 rings (SSSR count). The molecular weight excluding hydrogens is 258 g/mol. The summed E-state index contributed by atoms with van der Waals surface area (Å²) >= 11 is 0. The van der Waals surface area contributed by atoms with E-state index in [2.05, 4.69) is 55.5 Å². The van der Waals surface area contributed by atoms with Crippen molar-refractivity contribution in [3.05, 3.63) is 48.3 Å². The second-order valence-corrected chi connectivity index (χ2v) is 6.22. The van der Waals surface area contributed by atoms with Crippen LogP contribution < -0.4 is 5.32 Å². The van der Waals surface area contributed by atoms with E-state index in [-0.39, 0.29) is 0 Å². The molecule has 0 spiro atoms. The van der Waals surface area contributed by atoms with Gasteiger partial charge in [0.2, 0.25) is 0 Å². The molecule has 0 radical (unpaired) electrons. The molecule has 0 aliphatic heterocycles. The topological polar surface area (TPSA) is 29.9 Å². The van der Waals surface area contributed by atoms with E-state index in [0.717, 1.165) is 18.2 Å². The van der Waals surface area contributed by atoms with Crippen molar-refractivity contribution >= 4 is 0 Å². The van der Waals surface area contributed by atoms with E-state index < -0.39 is 0 Å². The largest absolute Gasteiger partial charge is 0.310 e. The van der Waals surface area contributed by atoms with Crippen LogP contribution in [0.3, 0.4) is 0 Å². The van der Waals surface area contributed by atoms with Crippen LogP contribution in [0, 0.1) is 5.92 Å². The molecule has 2 aromatic rings. The van der Waals surface area contributed by atoms with E-state index in [1.807, 2.05) is 16.9 Å². The normalized spacial score (nSPS) is 12.8. The molecule has 3 nitrogen and oxygen atoms in total. The molecule has 1 heterocycles. The predicted molar refractivity (Wildman–Crippen MR) is 88.6 cm³/mol. The van der Waals surface area contributed by atoms with E-state index in [4.69, 9.17) is 0 Å². The van der Waals surface area contributed by atoms with E-state index in [1.165, 1.54) is 24.8 Å². The van der Waals surface area contributed by atoms with E-state index in [9.17, 15) is 0 Å². The van der Waals surface area contributed by atoms with Crippen LogP contribution in [-0.4, -0.2) is 15.8 Å². The first-order chi connectivity index (χ1) is 10.1. The molecule has 0 saturated carbocycles. The number of rotatable bonds is 8. The van der Waals surface area contributed by atoms with Gasteiger partial charge < -0.3 is 5.32 Å². The van der Waals surface area contributed by atoms with Gasteiger partial charge in [-0.25, -0.2) is 4.68 Å².